The van der Waals surface area contributed by atoms with E-state index in [0.29, 0.717) is 6.61 Å². The first-order chi connectivity index (χ1) is 9.83. The molecule has 0 bridgehead atoms. The van der Waals surface area contributed by atoms with Gasteiger partial charge in [-0.2, -0.15) is 0 Å². The van der Waals surface area contributed by atoms with E-state index in [1.807, 2.05) is 18.2 Å². The average Bonchev–Trinajstić information content (AvgIpc) is 2.93. The fourth-order valence-corrected chi connectivity index (χ4v) is 2.27. The van der Waals surface area contributed by atoms with Crippen molar-refractivity contribution in [1.29, 1.82) is 0 Å². The van der Waals surface area contributed by atoms with Gasteiger partial charge in [0.25, 0.3) is 0 Å². The summed E-state index contributed by atoms with van der Waals surface area (Å²) in [7, 11) is 0. The summed E-state index contributed by atoms with van der Waals surface area (Å²) >= 11 is 1.73. The van der Waals surface area contributed by atoms with E-state index in [0.717, 1.165) is 36.6 Å². The third kappa shape index (κ3) is 4.32. The van der Waals surface area contributed by atoms with Gasteiger partial charge in [0.1, 0.15) is 18.1 Å². The van der Waals surface area contributed by atoms with Crippen LogP contribution in [0.4, 0.5) is 0 Å². The molecule has 0 aliphatic rings. The van der Waals surface area contributed by atoms with Gasteiger partial charge in [0.05, 0.1) is 12.8 Å². The Balaban J connectivity index is 1.88. The number of nitrogens with one attached hydrogen (secondary N) is 1. The Labute approximate surface area is 124 Å². The summed E-state index contributed by atoms with van der Waals surface area (Å²) in [5.74, 6) is 1.84. The van der Waals surface area contributed by atoms with Crippen LogP contribution >= 0.6 is 11.8 Å². The number of hydrogen-bond donors (Lipinski definition) is 1. The van der Waals surface area contributed by atoms with E-state index >= 15 is 0 Å². The lowest BCUT2D eigenvalue weighted by Gasteiger charge is -2.07. The first-order valence-electron chi connectivity index (χ1n) is 6.86. The van der Waals surface area contributed by atoms with Crippen LogP contribution in [0.3, 0.4) is 0 Å². The van der Waals surface area contributed by atoms with Crippen LogP contribution in [0, 0.1) is 0 Å². The molecule has 0 aliphatic carbocycles. The molecule has 108 valence electrons. The molecule has 2 aromatic rings. The van der Waals surface area contributed by atoms with Crippen molar-refractivity contribution in [1.82, 2.24) is 5.32 Å². The van der Waals surface area contributed by atoms with E-state index in [1.54, 1.807) is 18.0 Å². The second-order valence-corrected chi connectivity index (χ2v) is 5.39. The third-order valence-corrected chi connectivity index (χ3v) is 3.75. The number of thioether (sulfide) groups is 1. The Morgan fingerprint density at radius 3 is 2.70 bits per heavy atom. The van der Waals surface area contributed by atoms with Crippen molar-refractivity contribution in [2.45, 2.75) is 31.4 Å². The molecule has 0 spiro atoms. The zero-order valence-electron chi connectivity index (χ0n) is 12.0. The van der Waals surface area contributed by atoms with Crippen molar-refractivity contribution < 1.29 is 9.15 Å². The molecule has 0 saturated heterocycles. The summed E-state index contributed by atoms with van der Waals surface area (Å²) in [6, 6.07) is 10.1. The zero-order chi connectivity index (χ0) is 14.2. The topological polar surface area (TPSA) is 34.4 Å². The normalized spacial score (nSPS) is 10.7. The fourth-order valence-electron chi connectivity index (χ4n) is 1.86. The van der Waals surface area contributed by atoms with Crippen molar-refractivity contribution in [2.75, 3.05) is 12.8 Å². The Kier molecular flexibility index (Phi) is 6.02. The minimum Gasteiger partial charge on any atom is -0.489 e. The highest BCUT2D eigenvalue weighted by Crippen LogP contribution is 2.20. The smallest absolute Gasteiger partial charge is 0.124 e. The summed E-state index contributed by atoms with van der Waals surface area (Å²) in [5, 5.41) is 3.34. The molecule has 20 heavy (non-hydrogen) atoms. The Bertz CT molecular complexity index is 507. The molecule has 1 N–H and O–H groups in total. The van der Waals surface area contributed by atoms with Crippen molar-refractivity contribution in [3.05, 3.63) is 47.9 Å². The van der Waals surface area contributed by atoms with E-state index in [9.17, 15) is 0 Å². The molecule has 0 radical (unpaired) electrons. The predicted molar refractivity (Wildman–Crippen MR) is 83.3 cm³/mol. The molecule has 0 unspecified atom stereocenters. The van der Waals surface area contributed by atoms with Crippen LogP contribution < -0.4 is 10.1 Å². The SMILES string of the molecule is CCCNCc1occc1COc1ccc(SC)cc1. The average molecular weight is 291 g/mol. The van der Waals surface area contributed by atoms with E-state index < -0.39 is 0 Å². The maximum absolute atomic E-state index is 5.80. The van der Waals surface area contributed by atoms with Gasteiger partial charge in [-0.1, -0.05) is 6.92 Å². The second kappa shape index (κ2) is 8.02. The largest absolute Gasteiger partial charge is 0.489 e. The highest BCUT2D eigenvalue weighted by atomic mass is 32.2. The van der Waals surface area contributed by atoms with Crippen LogP contribution in [0.5, 0.6) is 5.75 Å². The van der Waals surface area contributed by atoms with E-state index in [-0.39, 0.29) is 0 Å². The molecule has 4 heteroatoms. The lowest BCUT2D eigenvalue weighted by molar-refractivity contribution is 0.301. The predicted octanol–water partition coefficient (Wildman–Crippen LogP) is 4.08. The molecule has 2 rings (SSSR count). The van der Waals surface area contributed by atoms with Crippen LogP contribution in [0.15, 0.2) is 45.9 Å². The monoisotopic (exact) mass is 291 g/mol. The summed E-state index contributed by atoms with van der Waals surface area (Å²) in [6.45, 7) is 4.44. The van der Waals surface area contributed by atoms with Gasteiger partial charge >= 0.3 is 0 Å². The third-order valence-electron chi connectivity index (χ3n) is 3.00. The molecule has 0 saturated carbocycles. The van der Waals surface area contributed by atoms with Gasteiger partial charge in [0.15, 0.2) is 0 Å². The van der Waals surface area contributed by atoms with Gasteiger partial charge in [0, 0.05) is 10.5 Å². The number of hydrogen-bond acceptors (Lipinski definition) is 4. The summed E-state index contributed by atoms with van der Waals surface area (Å²) < 4.78 is 11.3. The van der Waals surface area contributed by atoms with Crippen LogP contribution in [0.1, 0.15) is 24.7 Å². The van der Waals surface area contributed by atoms with Crippen molar-refractivity contribution in [3.8, 4) is 5.75 Å². The molecule has 0 amide bonds. The van der Waals surface area contributed by atoms with Gasteiger partial charge in [-0.15, -0.1) is 11.8 Å². The molecular weight excluding hydrogens is 270 g/mol. The Morgan fingerprint density at radius 2 is 2.00 bits per heavy atom. The van der Waals surface area contributed by atoms with E-state index in [2.05, 4.69) is 30.6 Å². The minimum atomic E-state index is 0.540. The first kappa shape index (κ1) is 15.0. The van der Waals surface area contributed by atoms with Gasteiger partial charge in [-0.05, 0) is 49.6 Å². The lowest BCUT2D eigenvalue weighted by atomic mass is 10.2. The Hall–Kier alpha value is -1.39. The molecule has 1 heterocycles. The standard InChI is InChI=1S/C16H21NO2S/c1-3-9-17-11-16-13(8-10-18-16)12-19-14-4-6-15(20-2)7-5-14/h4-8,10,17H,3,9,11-12H2,1-2H3. The summed E-state index contributed by atoms with van der Waals surface area (Å²) in [6.07, 6.45) is 4.91. The number of benzene rings is 1. The fraction of sp³-hybridized carbons (Fsp3) is 0.375. The Morgan fingerprint density at radius 1 is 1.20 bits per heavy atom. The maximum Gasteiger partial charge on any atom is 0.124 e. The van der Waals surface area contributed by atoms with Gasteiger partial charge < -0.3 is 14.5 Å². The lowest BCUT2D eigenvalue weighted by Crippen LogP contribution is -2.14. The summed E-state index contributed by atoms with van der Waals surface area (Å²) in [4.78, 5) is 1.24. The van der Waals surface area contributed by atoms with Crippen molar-refractivity contribution >= 4 is 11.8 Å². The molecule has 3 nitrogen and oxygen atoms in total. The summed E-state index contributed by atoms with van der Waals surface area (Å²) in [5.41, 5.74) is 1.10. The molecule has 0 atom stereocenters. The van der Waals surface area contributed by atoms with Crippen molar-refractivity contribution in [3.63, 3.8) is 0 Å². The second-order valence-electron chi connectivity index (χ2n) is 4.51. The van der Waals surface area contributed by atoms with Gasteiger partial charge in [-0.25, -0.2) is 0 Å². The van der Waals surface area contributed by atoms with Crippen molar-refractivity contribution in [2.24, 2.45) is 0 Å². The highest BCUT2D eigenvalue weighted by molar-refractivity contribution is 7.98. The number of ether oxygens (including phenoxy) is 1. The quantitative estimate of drug-likeness (QED) is 0.587. The van der Waals surface area contributed by atoms with Gasteiger partial charge in [0.2, 0.25) is 0 Å². The van der Waals surface area contributed by atoms with Crippen LogP contribution in [-0.2, 0) is 13.2 Å². The molecule has 1 aromatic carbocycles. The van der Waals surface area contributed by atoms with Crippen LogP contribution in [0.2, 0.25) is 0 Å². The van der Waals surface area contributed by atoms with Gasteiger partial charge in [-0.3, -0.25) is 0 Å². The number of furan rings is 1. The minimum absolute atomic E-state index is 0.540. The zero-order valence-corrected chi connectivity index (χ0v) is 12.8. The number of rotatable bonds is 8. The van der Waals surface area contributed by atoms with Crippen LogP contribution in [0.25, 0.3) is 0 Å². The maximum atomic E-state index is 5.80. The molecule has 0 aliphatic heterocycles. The molecule has 0 fully saturated rings. The molecular formula is C16H21NO2S. The van der Waals surface area contributed by atoms with Crippen LogP contribution in [-0.4, -0.2) is 12.8 Å². The molecule has 1 aromatic heterocycles. The first-order valence-corrected chi connectivity index (χ1v) is 8.08. The van der Waals surface area contributed by atoms with E-state index in [4.69, 9.17) is 9.15 Å². The highest BCUT2D eigenvalue weighted by Gasteiger charge is 2.06. The van der Waals surface area contributed by atoms with E-state index in [1.165, 1.54) is 4.90 Å².